The molecule has 0 aliphatic carbocycles. The van der Waals surface area contributed by atoms with Gasteiger partial charge < -0.3 is 5.32 Å². The lowest BCUT2D eigenvalue weighted by atomic mass is 9.98. The van der Waals surface area contributed by atoms with Crippen molar-refractivity contribution in [2.24, 2.45) is 0 Å². The Morgan fingerprint density at radius 3 is 2.67 bits per heavy atom. The molecule has 0 heterocycles. The zero-order valence-corrected chi connectivity index (χ0v) is 10.6. The van der Waals surface area contributed by atoms with Crippen LogP contribution in [0.25, 0.3) is 0 Å². The molecule has 0 bridgehead atoms. The summed E-state index contributed by atoms with van der Waals surface area (Å²) in [7, 11) is 1.98. The molecule has 0 amide bonds. The molecular weight excluding hydrogens is 206 g/mol. The van der Waals surface area contributed by atoms with E-state index in [0.717, 1.165) is 24.4 Å². The highest BCUT2D eigenvalue weighted by molar-refractivity contribution is 6.31. The largest absolute Gasteiger partial charge is 0.319 e. The van der Waals surface area contributed by atoms with E-state index in [4.69, 9.17) is 11.6 Å². The average molecular weight is 226 g/mol. The van der Waals surface area contributed by atoms with E-state index >= 15 is 0 Å². The predicted molar refractivity (Wildman–Crippen MR) is 67.8 cm³/mol. The highest BCUT2D eigenvalue weighted by atomic mass is 35.5. The lowest BCUT2D eigenvalue weighted by Crippen LogP contribution is -2.14. The van der Waals surface area contributed by atoms with Crippen LogP contribution in [0.4, 0.5) is 0 Å². The first-order chi connectivity index (χ1) is 7.19. The van der Waals surface area contributed by atoms with Crippen molar-refractivity contribution in [1.29, 1.82) is 0 Å². The van der Waals surface area contributed by atoms with Gasteiger partial charge in [0, 0.05) is 11.6 Å². The van der Waals surface area contributed by atoms with Gasteiger partial charge in [-0.3, -0.25) is 0 Å². The van der Waals surface area contributed by atoms with Gasteiger partial charge in [-0.25, -0.2) is 0 Å². The van der Waals surface area contributed by atoms with Gasteiger partial charge in [-0.1, -0.05) is 44.0 Å². The molecule has 0 fully saturated rings. The molecule has 1 nitrogen and oxygen atoms in total. The molecule has 0 aliphatic heterocycles. The van der Waals surface area contributed by atoms with Gasteiger partial charge in [0.05, 0.1) is 0 Å². The third-order valence-corrected chi connectivity index (χ3v) is 3.03. The molecule has 2 heteroatoms. The van der Waals surface area contributed by atoms with Crippen molar-refractivity contribution in [1.82, 2.24) is 5.32 Å². The van der Waals surface area contributed by atoms with Crippen molar-refractivity contribution in [3.63, 3.8) is 0 Å². The van der Waals surface area contributed by atoms with Crippen LogP contribution in [0.5, 0.6) is 0 Å². The van der Waals surface area contributed by atoms with Crippen LogP contribution in [0.2, 0.25) is 5.02 Å². The smallest absolute Gasteiger partial charge is 0.0440 e. The molecular formula is C13H20ClN. The molecule has 1 aromatic carbocycles. The van der Waals surface area contributed by atoms with E-state index in [1.165, 1.54) is 11.1 Å². The maximum Gasteiger partial charge on any atom is 0.0440 e. The third-order valence-electron chi connectivity index (χ3n) is 2.68. The number of aryl methyl sites for hydroxylation is 1. The number of hydrogen-bond acceptors (Lipinski definition) is 1. The fourth-order valence-electron chi connectivity index (χ4n) is 1.77. The molecule has 84 valence electrons. The maximum atomic E-state index is 6.23. The van der Waals surface area contributed by atoms with Gasteiger partial charge in [-0.05, 0) is 36.6 Å². The van der Waals surface area contributed by atoms with E-state index in [0.29, 0.717) is 5.92 Å². The molecule has 0 saturated carbocycles. The van der Waals surface area contributed by atoms with Crippen molar-refractivity contribution < 1.29 is 0 Å². The minimum absolute atomic E-state index is 0.517. The van der Waals surface area contributed by atoms with Crippen LogP contribution in [-0.4, -0.2) is 13.6 Å². The predicted octanol–water partition coefficient (Wildman–Crippen LogP) is 3.62. The van der Waals surface area contributed by atoms with Gasteiger partial charge in [0.1, 0.15) is 0 Å². The van der Waals surface area contributed by atoms with E-state index in [2.05, 4.69) is 37.4 Å². The maximum absolute atomic E-state index is 6.23. The SMILES string of the molecule is CCCc1ccc(C(C)CNC)cc1Cl. The Bertz CT molecular complexity index is 309. The van der Waals surface area contributed by atoms with Gasteiger partial charge >= 0.3 is 0 Å². The van der Waals surface area contributed by atoms with Crippen LogP contribution >= 0.6 is 11.6 Å². The Labute approximate surface area is 97.8 Å². The van der Waals surface area contributed by atoms with Crippen molar-refractivity contribution in [2.75, 3.05) is 13.6 Å². The van der Waals surface area contributed by atoms with E-state index in [1.54, 1.807) is 0 Å². The summed E-state index contributed by atoms with van der Waals surface area (Å²) in [4.78, 5) is 0. The summed E-state index contributed by atoms with van der Waals surface area (Å²) >= 11 is 6.23. The first-order valence-electron chi connectivity index (χ1n) is 5.62. The Kier molecular flexibility index (Phi) is 5.13. The first-order valence-corrected chi connectivity index (χ1v) is 5.99. The molecule has 1 N–H and O–H groups in total. The van der Waals surface area contributed by atoms with Crippen LogP contribution < -0.4 is 5.32 Å². The van der Waals surface area contributed by atoms with Gasteiger partial charge in [0.2, 0.25) is 0 Å². The van der Waals surface area contributed by atoms with Crippen LogP contribution in [0.1, 0.15) is 37.3 Å². The molecule has 0 aliphatic rings. The van der Waals surface area contributed by atoms with Crippen LogP contribution in [0, 0.1) is 0 Å². The zero-order chi connectivity index (χ0) is 11.3. The number of benzene rings is 1. The summed E-state index contributed by atoms with van der Waals surface area (Å²) in [5.74, 6) is 0.517. The lowest BCUT2D eigenvalue weighted by molar-refractivity contribution is 0.677. The Morgan fingerprint density at radius 2 is 2.13 bits per heavy atom. The summed E-state index contributed by atoms with van der Waals surface area (Å²) in [6, 6.07) is 6.46. The fraction of sp³-hybridized carbons (Fsp3) is 0.538. The molecule has 0 radical (unpaired) electrons. The highest BCUT2D eigenvalue weighted by Gasteiger charge is 2.06. The molecule has 0 saturated heterocycles. The van der Waals surface area contributed by atoms with E-state index < -0.39 is 0 Å². The Balaban J connectivity index is 2.81. The van der Waals surface area contributed by atoms with Gasteiger partial charge in [0.25, 0.3) is 0 Å². The molecule has 1 rings (SSSR count). The van der Waals surface area contributed by atoms with Crippen molar-refractivity contribution in [3.8, 4) is 0 Å². The Morgan fingerprint density at radius 1 is 1.40 bits per heavy atom. The molecule has 1 aromatic rings. The topological polar surface area (TPSA) is 12.0 Å². The normalized spacial score (nSPS) is 12.8. The standard InChI is InChI=1S/C13H20ClN/c1-4-5-11-6-7-12(8-13(11)14)10(2)9-15-3/h6-8,10,15H,4-5,9H2,1-3H3. The number of rotatable bonds is 5. The minimum atomic E-state index is 0.517. The number of likely N-dealkylation sites (N-methyl/N-ethyl adjacent to an activating group) is 1. The average Bonchev–Trinajstić information content (AvgIpc) is 2.21. The first kappa shape index (κ1) is 12.5. The molecule has 1 atom stereocenters. The summed E-state index contributed by atoms with van der Waals surface area (Å²) in [6.45, 7) is 5.37. The summed E-state index contributed by atoms with van der Waals surface area (Å²) in [6.07, 6.45) is 2.21. The second-order valence-corrected chi connectivity index (χ2v) is 4.47. The highest BCUT2D eigenvalue weighted by Crippen LogP contribution is 2.23. The van der Waals surface area contributed by atoms with Crippen molar-refractivity contribution in [2.45, 2.75) is 32.6 Å². The van der Waals surface area contributed by atoms with Crippen LogP contribution in [0.3, 0.4) is 0 Å². The van der Waals surface area contributed by atoms with E-state index in [9.17, 15) is 0 Å². The number of halogens is 1. The molecule has 1 unspecified atom stereocenters. The number of hydrogen-bond donors (Lipinski definition) is 1. The van der Waals surface area contributed by atoms with Crippen molar-refractivity contribution >= 4 is 11.6 Å². The molecule has 0 aromatic heterocycles. The lowest BCUT2D eigenvalue weighted by Gasteiger charge is -2.13. The van der Waals surface area contributed by atoms with E-state index in [-0.39, 0.29) is 0 Å². The van der Waals surface area contributed by atoms with Crippen molar-refractivity contribution in [3.05, 3.63) is 34.3 Å². The second kappa shape index (κ2) is 6.14. The molecule has 15 heavy (non-hydrogen) atoms. The number of nitrogens with one attached hydrogen (secondary N) is 1. The third kappa shape index (κ3) is 3.51. The summed E-state index contributed by atoms with van der Waals surface area (Å²) in [5, 5.41) is 4.10. The van der Waals surface area contributed by atoms with Crippen LogP contribution in [0.15, 0.2) is 18.2 Å². The van der Waals surface area contributed by atoms with Crippen LogP contribution in [-0.2, 0) is 6.42 Å². The van der Waals surface area contributed by atoms with Gasteiger partial charge in [0.15, 0.2) is 0 Å². The zero-order valence-electron chi connectivity index (χ0n) is 9.81. The monoisotopic (exact) mass is 225 g/mol. The minimum Gasteiger partial charge on any atom is -0.319 e. The molecule has 0 spiro atoms. The summed E-state index contributed by atoms with van der Waals surface area (Å²) < 4.78 is 0. The fourth-order valence-corrected chi connectivity index (χ4v) is 2.05. The second-order valence-electron chi connectivity index (χ2n) is 4.06. The van der Waals surface area contributed by atoms with Gasteiger partial charge in [-0.15, -0.1) is 0 Å². The quantitative estimate of drug-likeness (QED) is 0.807. The Hall–Kier alpha value is -0.530. The summed E-state index contributed by atoms with van der Waals surface area (Å²) in [5.41, 5.74) is 2.58. The van der Waals surface area contributed by atoms with Gasteiger partial charge in [-0.2, -0.15) is 0 Å². The van der Waals surface area contributed by atoms with E-state index in [1.807, 2.05) is 7.05 Å².